The van der Waals surface area contributed by atoms with E-state index >= 15 is 0 Å². The normalized spacial score (nSPS) is 24.6. The number of hydrogen-bond acceptors (Lipinski definition) is 4. The van der Waals surface area contributed by atoms with Gasteiger partial charge in [-0.05, 0) is 88.1 Å². The lowest BCUT2D eigenvalue weighted by Gasteiger charge is -2.32. The van der Waals surface area contributed by atoms with Crippen molar-refractivity contribution >= 4 is 18.4 Å². The van der Waals surface area contributed by atoms with Crippen LogP contribution >= 0.6 is 0 Å². The van der Waals surface area contributed by atoms with Gasteiger partial charge in [-0.15, -0.1) is 0 Å². The van der Waals surface area contributed by atoms with Crippen molar-refractivity contribution in [2.24, 2.45) is 0 Å². The quantitative estimate of drug-likeness (QED) is 0.537. The molecular weight excluding hydrogens is 373 g/mol. The van der Waals surface area contributed by atoms with Gasteiger partial charge >= 0.3 is 7.12 Å². The fraction of sp³-hybridized carbons (Fsp3) is 0.520. The number of benzene rings is 1. The van der Waals surface area contributed by atoms with Gasteiger partial charge in [0.05, 0.1) is 11.2 Å². The molecule has 0 amide bonds. The number of carbonyl (C=O) groups is 1. The molecule has 158 valence electrons. The third kappa shape index (κ3) is 3.52. The van der Waals surface area contributed by atoms with Crippen LogP contribution in [0.5, 0.6) is 0 Å². The Balaban J connectivity index is 1.60. The molecule has 5 heteroatoms. The van der Waals surface area contributed by atoms with Crippen molar-refractivity contribution in [1.82, 2.24) is 4.98 Å². The van der Waals surface area contributed by atoms with E-state index in [9.17, 15) is 4.79 Å². The van der Waals surface area contributed by atoms with Gasteiger partial charge in [-0.1, -0.05) is 26.0 Å². The first-order valence-electron chi connectivity index (χ1n) is 11.0. The molecule has 0 radical (unpaired) electrons. The minimum absolute atomic E-state index is 0.0267. The topological polar surface area (TPSA) is 48.4 Å². The Morgan fingerprint density at radius 1 is 1.00 bits per heavy atom. The molecule has 2 aromatic rings. The van der Waals surface area contributed by atoms with Crippen molar-refractivity contribution in [3.05, 3.63) is 58.4 Å². The summed E-state index contributed by atoms with van der Waals surface area (Å²) in [6.07, 6.45) is 4.09. The second-order valence-corrected chi connectivity index (χ2v) is 10.1. The van der Waals surface area contributed by atoms with Gasteiger partial charge in [-0.3, -0.25) is 9.78 Å². The molecule has 2 atom stereocenters. The van der Waals surface area contributed by atoms with Crippen molar-refractivity contribution in [3.63, 3.8) is 0 Å². The van der Waals surface area contributed by atoms with E-state index in [1.807, 2.05) is 40.7 Å². The summed E-state index contributed by atoms with van der Waals surface area (Å²) in [5, 5.41) is 0. The molecule has 2 aliphatic rings. The van der Waals surface area contributed by atoms with Gasteiger partial charge in [0.2, 0.25) is 5.78 Å². The molecule has 4 nitrogen and oxygen atoms in total. The molecule has 0 spiro atoms. The highest BCUT2D eigenvalue weighted by molar-refractivity contribution is 6.62. The van der Waals surface area contributed by atoms with Gasteiger partial charge in [0.25, 0.3) is 0 Å². The number of fused-ring (bicyclic) bond motifs is 1. The van der Waals surface area contributed by atoms with E-state index in [-0.39, 0.29) is 5.78 Å². The summed E-state index contributed by atoms with van der Waals surface area (Å²) in [6, 6.07) is 7.99. The molecule has 1 aliphatic carbocycles. The van der Waals surface area contributed by atoms with Crippen LogP contribution in [0.3, 0.4) is 0 Å². The van der Waals surface area contributed by atoms with E-state index in [0.717, 1.165) is 16.6 Å². The second-order valence-electron chi connectivity index (χ2n) is 10.1. The average molecular weight is 405 g/mol. The molecule has 1 aromatic heterocycles. The van der Waals surface area contributed by atoms with Crippen molar-refractivity contribution in [2.45, 2.75) is 84.3 Å². The van der Waals surface area contributed by atoms with Crippen LogP contribution in [-0.2, 0) is 9.31 Å². The lowest BCUT2D eigenvalue weighted by Crippen LogP contribution is -2.41. The Morgan fingerprint density at radius 3 is 2.10 bits per heavy atom. The number of pyridine rings is 1. The molecular formula is C25H32BNO3. The van der Waals surface area contributed by atoms with Crippen LogP contribution < -0.4 is 5.46 Å². The number of aryl methyl sites for hydroxylation is 1. The van der Waals surface area contributed by atoms with E-state index in [2.05, 4.69) is 31.0 Å². The molecule has 4 rings (SSSR count). The number of aromatic nitrogens is 1. The van der Waals surface area contributed by atoms with Crippen molar-refractivity contribution < 1.29 is 14.1 Å². The number of rotatable bonds is 3. The Kier molecular flexibility index (Phi) is 5.18. The first-order valence-corrected chi connectivity index (χ1v) is 11.0. The highest BCUT2D eigenvalue weighted by Gasteiger charge is 2.51. The predicted molar refractivity (Wildman–Crippen MR) is 121 cm³/mol. The molecule has 2 unspecified atom stereocenters. The molecule has 1 aromatic carbocycles. The zero-order valence-electron chi connectivity index (χ0n) is 19.2. The van der Waals surface area contributed by atoms with Crippen LogP contribution in [0, 0.1) is 6.92 Å². The smallest absolute Gasteiger partial charge is 0.399 e. The fourth-order valence-electron chi connectivity index (χ4n) is 4.45. The highest BCUT2D eigenvalue weighted by atomic mass is 16.7. The Labute approximate surface area is 180 Å². The van der Waals surface area contributed by atoms with Crippen LogP contribution in [0.15, 0.2) is 30.5 Å². The summed E-state index contributed by atoms with van der Waals surface area (Å²) >= 11 is 0. The summed E-state index contributed by atoms with van der Waals surface area (Å²) in [5.41, 5.74) is 4.97. The lowest BCUT2D eigenvalue weighted by atomic mass is 9.76. The van der Waals surface area contributed by atoms with E-state index in [4.69, 9.17) is 9.31 Å². The van der Waals surface area contributed by atoms with Gasteiger partial charge in [-0.2, -0.15) is 0 Å². The molecule has 1 saturated heterocycles. The van der Waals surface area contributed by atoms with E-state index in [0.29, 0.717) is 17.5 Å². The van der Waals surface area contributed by atoms with Crippen molar-refractivity contribution in [1.29, 1.82) is 0 Å². The van der Waals surface area contributed by atoms with Gasteiger partial charge in [0, 0.05) is 17.2 Å². The number of hydrogen-bond donors (Lipinski definition) is 0. The molecule has 30 heavy (non-hydrogen) atoms. The summed E-state index contributed by atoms with van der Waals surface area (Å²) in [6.45, 7) is 14.7. The molecule has 0 N–H and O–H groups in total. The summed E-state index contributed by atoms with van der Waals surface area (Å²) in [5.74, 6) is 1.01. The van der Waals surface area contributed by atoms with E-state index in [1.165, 1.54) is 24.0 Å². The Hall–Kier alpha value is -1.98. The molecule has 1 fully saturated rings. The fourth-order valence-corrected chi connectivity index (χ4v) is 4.45. The highest BCUT2D eigenvalue weighted by Crippen LogP contribution is 2.40. The summed E-state index contributed by atoms with van der Waals surface area (Å²) < 4.78 is 12.2. The van der Waals surface area contributed by atoms with Crippen LogP contribution in [0.25, 0.3) is 0 Å². The van der Waals surface area contributed by atoms with E-state index in [1.54, 1.807) is 12.3 Å². The molecule has 0 saturated carbocycles. The van der Waals surface area contributed by atoms with Crippen LogP contribution in [0.4, 0.5) is 0 Å². The first-order chi connectivity index (χ1) is 14.0. The second kappa shape index (κ2) is 7.31. The standard InChI is InChI=1S/C25H32BNO3/c1-15-8-9-16(2)20-13-21(17(3)12-19(15)20)23(28)22-11-10-18(14-27-22)26-29-24(4,5)25(6,7)30-26/h10-16H,8-9H2,1-7H3. The van der Waals surface area contributed by atoms with Gasteiger partial charge < -0.3 is 9.31 Å². The number of carbonyl (C=O) groups excluding carboxylic acids is 1. The van der Waals surface area contributed by atoms with Gasteiger partial charge in [0.15, 0.2) is 0 Å². The zero-order chi connectivity index (χ0) is 21.8. The summed E-state index contributed by atoms with van der Waals surface area (Å²) in [7, 11) is -0.473. The monoisotopic (exact) mass is 405 g/mol. The number of nitrogens with zero attached hydrogens (tertiary/aromatic N) is 1. The maximum atomic E-state index is 13.3. The van der Waals surface area contributed by atoms with Crippen LogP contribution in [0.2, 0.25) is 0 Å². The largest absolute Gasteiger partial charge is 0.496 e. The van der Waals surface area contributed by atoms with Crippen molar-refractivity contribution in [3.8, 4) is 0 Å². The van der Waals surface area contributed by atoms with Crippen LogP contribution in [-0.4, -0.2) is 29.1 Å². The third-order valence-electron chi connectivity index (χ3n) is 7.31. The molecule has 2 heterocycles. The van der Waals surface area contributed by atoms with Crippen LogP contribution in [0.1, 0.15) is 99.0 Å². The molecule has 1 aliphatic heterocycles. The van der Waals surface area contributed by atoms with Crippen molar-refractivity contribution in [2.75, 3.05) is 0 Å². The SMILES string of the molecule is Cc1cc2c(cc1C(=O)c1ccc(B3OC(C)(C)C(C)(C)O3)cn1)C(C)CCC2C. The summed E-state index contributed by atoms with van der Waals surface area (Å²) in [4.78, 5) is 17.7. The minimum Gasteiger partial charge on any atom is -0.399 e. The molecule has 0 bridgehead atoms. The Bertz CT molecular complexity index is 965. The Morgan fingerprint density at radius 2 is 1.57 bits per heavy atom. The third-order valence-corrected chi connectivity index (χ3v) is 7.31. The zero-order valence-corrected chi connectivity index (χ0v) is 19.2. The van der Waals surface area contributed by atoms with E-state index < -0.39 is 18.3 Å². The minimum atomic E-state index is -0.473. The van der Waals surface area contributed by atoms with Gasteiger partial charge in [-0.25, -0.2) is 0 Å². The number of ketones is 1. The average Bonchev–Trinajstić information content (AvgIpc) is 2.91. The van der Waals surface area contributed by atoms with Gasteiger partial charge in [0.1, 0.15) is 5.69 Å². The predicted octanol–water partition coefficient (Wildman–Crippen LogP) is 4.92. The first kappa shape index (κ1) is 21.3. The maximum Gasteiger partial charge on any atom is 0.496 e. The maximum absolute atomic E-state index is 13.3. The lowest BCUT2D eigenvalue weighted by molar-refractivity contribution is 0.00578.